The molecule has 1 fully saturated rings. The van der Waals surface area contributed by atoms with Crippen molar-refractivity contribution in [2.75, 3.05) is 26.2 Å². The van der Waals surface area contributed by atoms with Gasteiger partial charge in [-0.25, -0.2) is 4.79 Å². The van der Waals surface area contributed by atoms with Gasteiger partial charge in [0.05, 0.1) is 6.61 Å². The van der Waals surface area contributed by atoms with Crippen molar-refractivity contribution < 1.29 is 9.53 Å². The fourth-order valence-corrected chi connectivity index (χ4v) is 2.58. The van der Waals surface area contributed by atoms with Gasteiger partial charge in [0.25, 0.3) is 0 Å². The molecule has 4 heteroatoms. The van der Waals surface area contributed by atoms with E-state index in [1.165, 1.54) is 0 Å². The first kappa shape index (κ1) is 17.3. The highest BCUT2D eigenvalue weighted by Gasteiger charge is 2.32. The maximum atomic E-state index is 12.0. The third-order valence-corrected chi connectivity index (χ3v) is 3.87. The van der Waals surface area contributed by atoms with Crippen molar-refractivity contribution in [2.24, 2.45) is 17.3 Å². The van der Waals surface area contributed by atoms with E-state index in [1.54, 1.807) is 0 Å². The molecule has 0 spiro atoms. The fraction of sp³-hybridized carbons (Fsp3) is 0.938. The molecule has 0 saturated carbocycles. The van der Waals surface area contributed by atoms with Crippen LogP contribution in [0.1, 0.15) is 48.0 Å². The summed E-state index contributed by atoms with van der Waals surface area (Å²) in [5, 5.41) is 3.62. The van der Waals surface area contributed by atoms with Crippen LogP contribution >= 0.6 is 0 Å². The highest BCUT2D eigenvalue weighted by atomic mass is 16.6. The van der Waals surface area contributed by atoms with Crippen LogP contribution in [0, 0.1) is 17.3 Å². The zero-order valence-corrected chi connectivity index (χ0v) is 14.0. The van der Waals surface area contributed by atoms with Crippen molar-refractivity contribution in [1.82, 2.24) is 10.2 Å². The number of carbonyl (C=O) groups excluding carboxylic acids is 1. The van der Waals surface area contributed by atoms with Crippen LogP contribution in [0.25, 0.3) is 0 Å². The fourth-order valence-electron chi connectivity index (χ4n) is 2.58. The largest absolute Gasteiger partial charge is 0.450 e. The molecule has 1 amide bonds. The minimum atomic E-state index is -0.166. The van der Waals surface area contributed by atoms with Gasteiger partial charge in [0.15, 0.2) is 0 Å². The van der Waals surface area contributed by atoms with Gasteiger partial charge in [-0.05, 0) is 30.6 Å². The molecule has 1 aliphatic heterocycles. The Morgan fingerprint density at radius 1 is 1.35 bits per heavy atom. The number of carbonyl (C=O) groups is 1. The Labute approximate surface area is 124 Å². The van der Waals surface area contributed by atoms with Crippen LogP contribution in [0.5, 0.6) is 0 Å². The van der Waals surface area contributed by atoms with Crippen LogP contribution in [0.4, 0.5) is 4.79 Å². The molecular formula is C16H32N2O2. The van der Waals surface area contributed by atoms with Crippen molar-refractivity contribution in [3.8, 4) is 0 Å². The molecule has 20 heavy (non-hydrogen) atoms. The lowest BCUT2D eigenvalue weighted by atomic mass is 9.85. The highest BCUT2D eigenvalue weighted by Crippen LogP contribution is 2.25. The van der Waals surface area contributed by atoms with Gasteiger partial charge in [-0.3, -0.25) is 0 Å². The molecule has 0 aromatic heterocycles. The number of amides is 1. The molecule has 4 nitrogen and oxygen atoms in total. The highest BCUT2D eigenvalue weighted by molar-refractivity contribution is 5.67. The summed E-state index contributed by atoms with van der Waals surface area (Å²) >= 11 is 0. The van der Waals surface area contributed by atoms with Crippen LogP contribution in [0.3, 0.4) is 0 Å². The van der Waals surface area contributed by atoms with Gasteiger partial charge in [-0.2, -0.15) is 0 Å². The van der Waals surface area contributed by atoms with Crippen LogP contribution in [-0.4, -0.2) is 43.3 Å². The van der Waals surface area contributed by atoms with Gasteiger partial charge in [-0.15, -0.1) is 0 Å². The summed E-state index contributed by atoms with van der Waals surface area (Å²) in [5.41, 5.74) is 0.263. The molecule has 1 saturated heterocycles. The van der Waals surface area contributed by atoms with E-state index in [0.29, 0.717) is 24.5 Å². The quantitative estimate of drug-likeness (QED) is 0.862. The van der Waals surface area contributed by atoms with Crippen LogP contribution in [-0.2, 0) is 4.74 Å². The molecular weight excluding hydrogens is 252 g/mol. The van der Waals surface area contributed by atoms with Gasteiger partial charge in [0, 0.05) is 25.7 Å². The van der Waals surface area contributed by atoms with E-state index >= 15 is 0 Å². The first-order valence-electron chi connectivity index (χ1n) is 7.88. The van der Waals surface area contributed by atoms with Gasteiger partial charge in [0.2, 0.25) is 0 Å². The molecule has 1 N–H and O–H groups in total. The number of nitrogens with one attached hydrogen (secondary N) is 1. The maximum absolute atomic E-state index is 12.0. The molecule has 0 bridgehead atoms. The molecule has 1 rings (SSSR count). The Hall–Kier alpha value is -0.770. The topological polar surface area (TPSA) is 41.6 Å². The minimum Gasteiger partial charge on any atom is -0.450 e. The van der Waals surface area contributed by atoms with Crippen molar-refractivity contribution in [3.63, 3.8) is 0 Å². The van der Waals surface area contributed by atoms with Gasteiger partial charge >= 0.3 is 6.09 Å². The van der Waals surface area contributed by atoms with Gasteiger partial charge < -0.3 is 15.0 Å². The standard InChI is InChI=1S/C16H32N2O2/c1-7-20-15(19)18-9-13(12(2)3)8-14(10-18)17-11-16(4,5)6/h12-14,17H,7-11H2,1-6H3. The second-order valence-electron chi connectivity index (χ2n) is 7.48. The number of piperidine rings is 1. The summed E-state index contributed by atoms with van der Waals surface area (Å²) in [6, 6.07) is 0.375. The molecule has 0 radical (unpaired) electrons. The molecule has 2 unspecified atom stereocenters. The van der Waals surface area contributed by atoms with E-state index in [2.05, 4.69) is 39.9 Å². The van der Waals surface area contributed by atoms with Gasteiger partial charge in [0.1, 0.15) is 0 Å². The molecule has 118 valence electrons. The number of nitrogens with zero attached hydrogens (tertiary/aromatic N) is 1. The number of ether oxygens (including phenoxy) is 1. The van der Waals surface area contributed by atoms with E-state index in [0.717, 1.165) is 26.1 Å². The lowest BCUT2D eigenvalue weighted by Crippen LogP contribution is -2.53. The van der Waals surface area contributed by atoms with E-state index in [4.69, 9.17) is 4.74 Å². The average Bonchev–Trinajstić information content (AvgIpc) is 2.35. The Balaban J connectivity index is 2.63. The summed E-state index contributed by atoms with van der Waals surface area (Å²) < 4.78 is 5.16. The van der Waals surface area contributed by atoms with E-state index < -0.39 is 0 Å². The summed E-state index contributed by atoms with van der Waals surface area (Å²) in [5.74, 6) is 1.14. The number of rotatable bonds is 4. The summed E-state index contributed by atoms with van der Waals surface area (Å²) in [4.78, 5) is 13.9. The van der Waals surface area contributed by atoms with Crippen molar-refractivity contribution in [2.45, 2.75) is 54.0 Å². The zero-order valence-electron chi connectivity index (χ0n) is 14.0. The Kier molecular flexibility index (Phi) is 6.31. The van der Waals surface area contributed by atoms with E-state index in [-0.39, 0.29) is 11.5 Å². The predicted octanol–water partition coefficient (Wildman–Crippen LogP) is 3.13. The summed E-state index contributed by atoms with van der Waals surface area (Å²) in [6.07, 6.45) is 0.976. The number of likely N-dealkylation sites (tertiary alicyclic amines) is 1. The predicted molar refractivity (Wildman–Crippen MR) is 82.8 cm³/mol. The third-order valence-electron chi connectivity index (χ3n) is 3.87. The number of hydrogen-bond acceptors (Lipinski definition) is 3. The molecule has 2 atom stereocenters. The smallest absolute Gasteiger partial charge is 0.409 e. The Morgan fingerprint density at radius 3 is 2.50 bits per heavy atom. The lowest BCUT2D eigenvalue weighted by molar-refractivity contribution is 0.0690. The molecule has 1 aliphatic rings. The van der Waals surface area contributed by atoms with Crippen molar-refractivity contribution in [1.29, 1.82) is 0 Å². The zero-order chi connectivity index (χ0) is 15.3. The first-order valence-corrected chi connectivity index (χ1v) is 7.88. The van der Waals surface area contributed by atoms with Crippen LogP contribution in [0.15, 0.2) is 0 Å². The monoisotopic (exact) mass is 284 g/mol. The van der Waals surface area contributed by atoms with Crippen molar-refractivity contribution in [3.05, 3.63) is 0 Å². The van der Waals surface area contributed by atoms with E-state index in [1.807, 2.05) is 11.8 Å². The van der Waals surface area contributed by atoms with Crippen LogP contribution < -0.4 is 5.32 Å². The molecule has 0 aromatic rings. The second kappa shape index (κ2) is 7.30. The summed E-state index contributed by atoms with van der Waals surface area (Å²) in [6.45, 7) is 16.0. The Bertz CT molecular complexity index is 310. The van der Waals surface area contributed by atoms with E-state index in [9.17, 15) is 4.79 Å². The number of hydrogen-bond donors (Lipinski definition) is 1. The third kappa shape index (κ3) is 5.70. The van der Waals surface area contributed by atoms with Crippen molar-refractivity contribution >= 4 is 6.09 Å². The maximum Gasteiger partial charge on any atom is 0.409 e. The molecule has 0 aliphatic carbocycles. The second-order valence-corrected chi connectivity index (χ2v) is 7.48. The SMILES string of the molecule is CCOC(=O)N1CC(NCC(C)(C)C)CC(C(C)C)C1. The molecule has 0 aromatic carbocycles. The first-order chi connectivity index (χ1) is 9.23. The minimum absolute atomic E-state index is 0.166. The average molecular weight is 284 g/mol. The molecule has 1 heterocycles. The Morgan fingerprint density at radius 2 is 2.00 bits per heavy atom. The van der Waals surface area contributed by atoms with Crippen LogP contribution in [0.2, 0.25) is 0 Å². The normalized spacial score (nSPS) is 24.1. The van der Waals surface area contributed by atoms with Gasteiger partial charge in [-0.1, -0.05) is 34.6 Å². The lowest BCUT2D eigenvalue weighted by Gasteiger charge is -2.40. The summed E-state index contributed by atoms with van der Waals surface area (Å²) in [7, 11) is 0.